The highest BCUT2D eigenvalue weighted by Gasteiger charge is 2.36. The van der Waals surface area contributed by atoms with Gasteiger partial charge in [0.1, 0.15) is 34.6 Å². The number of nitrogens with zero attached hydrogens (tertiary/aromatic N) is 6. The van der Waals surface area contributed by atoms with Gasteiger partial charge in [0.15, 0.2) is 0 Å². The minimum atomic E-state index is -1.21. The van der Waals surface area contributed by atoms with E-state index in [1.54, 1.807) is 45.0 Å². The SMILES string of the molecule is CCC(C)C(NC(=O)c1cc(-c2cc(C(=O)NC(C)(C)c3ccc(F)cc3)nc(C(=O)N3CCCC3CN3CCCC3)c2)cc(C(=O)N2CCCC2CN2CCCC2)n1)C(=O)O. The average Bonchev–Trinajstić information content (AvgIpc) is 4.12. The molecule has 3 N–H and O–H groups in total. The van der Waals surface area contributed by atoms with Gasteiger partial charge < -0.3 is 35.3 Å². The Kier molecular flexibility index (Phi) is 14.0. The van der Waals surface area contributed by atoms with Gasteiger partial charge in [-0.2, -0.15) is 0 Å². The van der Waals surface area contributed by atoms with Gasteiger partial charge in [0.25, 0.3) is 23.6 Å². The van der Waals surface area contributed by atoms with Gasteiger partial charge in [0, 0.05) is 38.3 Å². The number of halogens is 1. The number of aromatic nitrogens is 2. The van der Waals surface area contributed by atoms with E-state index < -0.39 is 41.1 Å². The minimum absolute atomic E-state index is 0.00487. The van der Waals surface area contributed by atoms with Gasteiger partial charge in [0.2, 0.25) is 0 Å². The maximum atomic E-state index is 14.6. The monoisotopic (exact) mass is 852 g/mol. The molecule has 332 valence electrons. The van der Waals surface area contributed by atoms with E-state index in [0.717, 1.165) is 90.6 Å². The number of likely N-dealkylation sites (tertiary alicyclic amines) is 4. The standard InChI is InChI=1S/C47H61FN8O6/c1-5-30(2)41(46(61)62)51-42(57)37-24-31(26-39(49-37)44(59)55-22-10-12-35(55)28-53-18-6-7-19-53)32-25-38(43(58)52-47(3,4)33-14-16-34(48)17-15-33)50-40(27-32)45(60)56-23-11-13-36(56)29-54-20-8-9-21-54/h14-17,24-27,30,35-36,41H,5-13,18-23,28-29H2,1-4H3,(H,51,57)(H,52,58)(H,61,62). The van der Waals surface area contributed by atoms with E-state index in [1.165, 1.54) is 24.3 Å². The first-order valence-corrected chi connectivity index (χ1v) is 22.4. The Morgan fingerprint density at radius 3 is 1.61 bits per heavy atom. The summed E-state index contributed by atoms with van der Waals surface area (Å²) in [4.78, 5) is 87.4. The molecule has 0 saturated carbocycles. The maximum Gasteiger partial charge on any atom is 0.326 e. The molecule has 2 aromatic heterocycles. The molecule has 0 bridgehead atoms. The Labute approximate surface area is 363 Å². The zero-order chi connectivity index (χ0) is 44.1. The number of carboxylic acid groups (broad SMARTS) is 1. The van der Waals surface area contributed by atoms with Gasteiger partial charge in [-0.15, -0.1) is 0 Å². The third-order valence-electron chi connectivity index (χ3n) is 13.3. The molecule has 4 aliphatic heterocycles. The molecule has 0 spiro atoms. The second-order valence-electron chi connectivity index (χ2n) is 18.1. The van der Waals surface area contributed by atoms with Gasteiger partial charge in [-0.1, -0.05) is 32.4 Å². The van der Waals surface area contributed by atoms with E-state index in [4.69, 9.17) is 0 Å². The molecule has 4 amide bonds. The van der Waals surface area contributed by atoms with Crippen LogP contribution in [0.2, 0.25) is 0 Å². The molecule has 4 saturated heterocycles. The Balaban J connectivity index is 1.30. The summed E-state index contributed by atoms with van der Waals surface area (Å²) in [6, 6.07) is 10.7. The van der Waals surface area contributed by atoms with Crippen LogP contribution in [0.4, 0.5) is 4.39 Å². The van der Waals surface area contributed by atoms with Crippen LogP contribution in [-0.4, -0.2) is 135 Å². The second-order valence-corrected chi connectivity index (χ2v) is 18.1. The summed E-state index contributed by atoms with van der Waals surface area (Å²) in [6.07, 6.45) is 8.32. The first kappa shape index (κ1) is 44.8. The number of hydrogen-bond donors (Lipinski definition) is 3. The van der Waals surface area contributed by atoms with Crippen molar-refractivity contribution in [2.24, 2.45) is 5.92 Å². The summed E-state index contributed by atoms with van der Waals surface area (Å²) in [5.74, 6) is -4.04. The molecule has 15 heteroatoms. The zero-order valence-electron chi connectivity index (χ0n) is 36.5. The largest absolute Gasteiger partial charge is 0.480 e. The molecule has 14 nitrogen and oxygen atoms in total. The smallest absolute Gasteiger partial charge is 0.326 e. The molecular weight excluding hydrogens is 792 g/mol. The van der Waals surface area contributed by atoms with E-state index >= 15 is 0 Å². The predicted molar refractivity (Wildman–Crippen MR) is 232 cm³/mol. The Morgan fingerprint density at radius 1 is 0.710 bits per heavy atom. The number of hydrogen-bond acceptors (Lipinski definition) is 9. The third kappa shape index (κ3) is 10.3. The zero-order valence-corrected chi connectivity index (χ0v) is 36.5. The van der Waals surface area contributed by atoms with E-state index in [0.29, 0.717) is 36.2 Å². The number of nitrogens with one attached hydrogen (secondary N) is 2. The van der Waals surface area contributed by atoms with Crippen molar-refractivity contribution >= 4 is 29.6 Å². The number of pyridine rings is 2. The van der Waals surface area contributed by atoms with Crippen LogP contribution >= 0.6 is 0 Å². The van der Waals surface area contributed by atoms with Gasteiger partial charge in [-0.3, -0.25) is 19.2 Å². The number of carbonyl (C=O) groups is 5. The lowest BCUT2D eigenvalue weighted by Gasteiger charge is -2.29. The molecule has 6 heterocycles. The van der Waals surface area contributed by atoms with Crippen LogP contribution in [0.5, 0.6) is 0 Å². The molecule has 7 rings (SSSR count). The molecule has 0 radical (unpaired) electrons. The lowest BCUT2D eigenvalue weighted by Crippen LogP contribution is -2.45. The van der Waals surface area contributed by atoms with Crippen molar-refractivity contribution in [1.82, 2.24) is 40.2 Å². The summed E-state index contributed by atoms with van der Waals surface area (Å²) in [5.41, 5.74) is 0.143. The number of benzene rings is 1. The fourth-order valence-corrected chi connectivity index (χ4v) is 9.44. The third-order valence-corrected chi connectivity index (χ3v) is 13.3. The van der Waals surface area contributed by atoms with Crippen molar-refractivity contribution in [2.75, 3.05) is 52.4 Å². The quantitative estimate of drug-likeness (QED) is 0.176. The predicted octanol–water partition coefficient (Wildman–Crippen LogP) is 5.58. The first-order chi connectivity index (χ1) is 29.7. The number of aliphatic carboxylic acids is 1. The number of amides is 4. The van der Waals surface area contributed by atoms with Crippen LogP contribution in [0, 0.1) is 11.7 Å². The second kappa shape index (κ2) is 19.4. The molecule has 62 heavy (non-hydrogen) atoms. The summed E-state index contributed by atoms with van der Waals surface area (Å²) in [5, 5.41) is 15.7. The van der Waals surface area contributed by atoms with Crippen LogP contribution in [0.1, 0.15) is 133 Å². The number of carboxylic acids is 1. The van der Waals surface area contributed by atoms with Crippen molar-refractivity contribution in [3.8, 4) is 11.1 Å². The molecular formula is C47H61FN8O6. The lowest BCUT2D eigenvalue weighted by molar-refractivity contribution is -0.140. The highest BCUT2D eigenvalue weighted by molar-refractivity contribution is 6.02. The van der Waals surface area contributed by atoms with Gasteiger partial charge in [-0.25, -0.2) is 19.2 Å². The maximum absolute atomic E-state index is 14.6. The van der Waals surface area contributed by atoms with Crippen LogP contribution in [0.15, 0.2) is 48.5 Å². The summed E-state index contributed by atoms with van der Waals surface area (Å²) < 4.78 is 13.9. The van der Waals surface area contributed by atoms with E-state index in [-0.39, 0.29) is 46.7 Å². The fourth-order valence-electron chi connectivity index (χ4n) is 9.44. The van der Waals surface area contributed by atoms with E-state index in [1.807, 2.05) is 16.7 Å². The molecule has 4 aliphatic rings. The Bertz CT molecular complexity index is 2140. The number of rotatable bonds is 15. The number of carbonyl (C=O) groups excluding carboxylic acids is 4. The summed E-state index contributed by atoms with van der Waals surface area (Å²) >= 11 is 0. The molecule has 4 fully saturated rings. The normalized spacial score (nSPS) is 20.7. The molecule has 4 unspecified atom stereocenters. The minimum Gasteiger partial charge on any atom is -0.480 e. The fraction of sp³-hybridized carbons (Fsp3) is 0.553. The van der Waals surface area contributed by atoms with Crippen molar-refractivity contribution in [1.29, 1.82) is 0 Å². The van der Waals surface area contributed by atoms with Crippen LogP contribution in [-0.2, 0) is 10.3 Å². The van der Waals surface area contributed by atoms with Crippen LogP contribution in [0.3, 0.4) is 0 Å². The molecule has 3 aromatic rings. The van der Waals surface area contributed by atoms with Crippen LogP contribution in [0.25, 0.3) is 11.1 Å². The molecule has 4 atom stereocenters. The molecule has 1 aromatic carbocycles. The van der Waals surface area contributed by atoms with Gasteiger partial charge in [0.05, 0.1) is 5.54 Å². The lowest BCUT2D eigenvalue weighted by atomic mass is 9.94. The van der Waals surface area contributed by atoms with Gasteiger partial charge >= 0.3 is 5.97 Å². The Hall–Kier alpha value is -5.28. The van der Waals surface area contributed by atoms with Crippen molar-refractivity contribution in [3.05, 3.63) is 82.7 Å². The highest BCUT2D eigenvalue weighted by atomic mass is 19.1. The average molecular weight is 853 g/mol. The Morgan fingerprint density at radius 2 is 1.16 bits per heavy atom. The van der Waals surface area contributed by atoms with Crippen molar-refractivity contribution in [2.45, 2.75) is 109 Å². The highest BCUT2D eigenvalue weighted by Crippen LogP contribution is 2.30. The first-order valence-electron chi connectivity index (χ1n) is 22.4. The topological polar surface area (TPSA) is 168 Å². The van der Waals surface area contributed by atoms with E-state index in [2.05, 4.69) is 30.4 Å². The van der Waals surface area contributed by atoms with Crippen molar-refractivity contribution < 1.29 is 33.5 Å². The summed E-state index contributed by atoms with van der Waals surface area (Å²) in [7, 11) is 0. The van der Waals surface area contributed by atoms with Crippen molar-refractivity contribution in [3.63, 3.8) is 0 Å². The summed E-state index contributed by atoms with van der Waals surface area (Å²) in [6.45, 7) is 13.6. The van der Waals surface area contributed by atoms with E-state index in [9.17, 15) is 33.5 Å². The van der Waals surface area contributed by atoms with Gasteiger partial charge in [-0.05, 0) is 150 Å². The molecule has 0 aliphatic carbocycles. The van der Waals surface area contributed by atoms with Crippen LogP contribution < -0.4 is 10.6 Å².